The Morgan fingerprint density at radius 2 is 2.27 bits per heavy atom. The molecule has 0 aromatic carbocycles. The van der Waals surface area contributed by atoms with E-state index in [2.05, 4.69) is 4.52 Å². The van der Waals surface area contributed by atoms with Gasteiger partial charge in [0.05, 0.1) is 5.92 Å². The molecule has 0 heterocycles. The number of hydrogen-bond donors (Lipinski definition) is 0. The van der Waals surface area contributed by atoms with Crippen LogP contribution in [0.15, 0.2) is 0 Å². The normalized spacial score (nSPS) is 18.5. The first-order chi connectivity index (χ1) is 4.87. The predicted octanol–water partition coefficient (Wildman–Crippen LogP) is 1.01. The van der Waals surface area contributed by atoms with Gasteiger partial charge in [-0.05, 0) is 6.42 Å². The van der Waals surface area contributed by atoms with Gasteiger partial charge in [0.15, 0.2) is 0 Å². The molecule has 66 valence electrons. The lowest BCUT2D eigenvalue weighted by atomic mass is 10.1. The molecule has 0 aliphatic carbocycles. The minimum Gasteiger partial charge on any atom is -0.743 e. The second-order valence-corrected chi connectivity index (χ2v) is 3.19. The molecule has 0 amide bonds. The lowest BCUT2D eigenvalue weighted by molar-refractivity contribution is -0.212. The lowest BCUT2D eigenvalue weighted by Gasteiger charge is -2.14. The molecular weight excluding hydrogens is 174 g/mol. The van der Waals surface area contributed by atoms with E-state index in [0.717, 1.165) is 0 Å². The molecular formula is C5H9FO4P-. The van der Waals surface area contributed by atoms with Crippen LogP contribution in [0, 0.1) is 5.92 Å². The average Bonchev–Trinajstić information content (AvgIpc) is 1.82. The van der Waals surface area contributed by atoms with Gasteiger partial charge >= 0.3 is 13.9 Å². The van der Waals surface area contributed by atoms with Crippen LogP contribution in [0.3, 0.4) is 0 Å². The van der Waals surface area contributed by atoms with E-state index in [-0.39, 0.29) is 0 Å². The molecule has 0 aromatic heterocycles. The molecule has 0 aliphatic heterocycles. The fourth-order valence-corrected chi connectivity index (χ4v) is 0.759. The van der Waals surface area contributed by atoms with Gasteiger partial charge in [0.1, 0.15) is 0 Å². The lowest BCUT2D eigenvalue weighted by Crippen LogP contribution is -2.14. The average molecular weight is 183 g/mol. The number of halogens is 1. The third-order valence-corrected chi connectivity index (χ3v) is 1.61. The van der Waals surface area contributed by atoms with Crippen LogP contribution in [-0.4, -0.2) is 5.97 Å². The largest absolute Gasteiger partial charge is 0.743 e. The summed E-state index contributed by atoms with van der Waals surface area (Å²) in [5, 5.41) is 0. The first-order valence-electron chi connectivity index (χ1n) is 3.11. The van der Waals surface area contributed by atoms with Gasteiger partial charge < -0.3 is 9.42 Å². The van der Waals surface area contributed by atoms with Gasteiger partial charge in [-0.3, -0.25) is 9.36 Å². The van der Waals surface area contributed by atoms with Crippen molar-refractivity contribution in [1.82, 2.24) is 0 Å². The van der Waals surface area contributed by atoms with Crippen molar-refractivity contribution in [1.29, 1.82) is 0 Å². The predicted molar refractivity (Wildman–Crippen MR) is 34.3 cm³/mol. The zero-order valence-electron chi connectivity index (χ0n) is 6.24. The fraction of sp³-hybridized carbons (Fsp3) is 0.800. The highest BCUT2D eigenvalue weighted by Gasteiger charge is 2.17. The van der Waals surface area contributed by atoms with Crippen LogP contribution in [0.4, 0.5) is 4.20 Å². The number of hydrogen-bond acceptors (Lipinski definition) is 4. The van der Waals surface area contributed by atoms with E-state index in [1.165, 1.54) is 6.92 Å². The van der Waals surface area contributed by atoms with E-state index in [0.29, 0.717) is 6.42 Å². The smallest absolute Gasteiger partial charge is 0.360 e. The van der Waals surface area contributed by atoms with Crippen molar-refractivity contribution in [3.8, 4) is 0 Å². The van der Waals surface area contributed by atoms with Crippen molar-refractivity contribution in [2.75, 3.05) is 0 Å². The van der Waals surface area contributed by atoms with Crippen molar-refractivity contribution in [3.63, 3.8) is 0 Å². The maximum Gasteiger partial charge on any atom is 0.360 e. The van der Waals surface area contributed by atoms with Gasteiger partial charge in [-0.1, -0.05) is 13.8 Å². The summed E-state index contributed by atoms with van der Waals surface area (Å²) in [4.78, 5) is 20.3. The quantitative estimate of drug-likeness (QED) is 0.612. The van der Waals surface area contributed by atoms with Crippen LogP contribution in [0.25, 0.3) is 0 Å². The molecule has 4 nitrogen and oxygen atoms in total. The molecule has 0 saturated carbocycles. The summed E-state index contributed by atoms with van der Waals surface area (Å²) in [6.45, 7) is 3.12. The molecule has 0 spiro atoms. The molecule has 0 aliphatic rings. The van der Waals surface area contributed by atoms with Crippen molar-refractivity contribution in [3.05, 3.63) is 0 Å². The van der Waals surface area contributed by atoms with Crippen LogP contribution < -0.4 is 4.89 Å². The minimum atomic E-state index is -5.39. The summed E-state index contributed by atoms with van der Waals surface area (Å²) in [6.07, 6.45) is 0.416. The van der Waals surface area contributed by atoms with Gasteiger partial charge in [0.25, 0.3) is 0 Å². The van der Waals surface area contributed by atoms with Crippen molar-refractivity contribution in [2.24, 2.45) is 5.92 Å². The van der Waals surface area contributed by atoms with Gasteiger partial charge in [0, 0.05) is 0 Å². The van der Waals surface area contributed by atoms with Gasteiger partial charge in [-0.25, -0.2) is 0 Å². The van der Waals surface area contributed by atoms with E-state index in [4.69, 9.17) is 0 Å². The summed E-state index contributed by atoms with van der Waals surface area (Å²) in [5.74, 6) is -1.64. The SMILES string of the molecule is CCC(C)C(=O)OP(=O)([O-])F. The summed E-state index contributed by atoms with van der Waals surface area (Å²) >= 11 is 0. The van der Waals surface area contributed by atoms with Gasteiger partial charge in [0.2, 0.25) is 0 Å². The summed E-state index contributed by atoms with van der Waals surface area (Å²) in [5.41, 5.74) is 0. The van der Waals surface area contributed by atoms with Crippen LogP contribution in [0.2, 0.25) is 0 Å². The first-order valence-corrected chi connectivity index (χ1v) is 4.54. The Hall–Kier alpha value is -0.410. The second kappa shape index (κ2) is 3.83. The maximum atomic E-state index is 11.7. The zero-order valence-corrected chi connectivity index (χ0v) is 7.14. The Labute approximate surface area is 64.0 Å². The summed E-state index contributed by atoms with van der Waals surface area (Å²) in [6, 6.07) is 0. The molecule has 0 radical (unpaired) electrons. The number of rotatable bonds is 3. The Bertz CT molecular complexity index is 187. The monoisotopic (exact) mass is 183 g/mol. The maximum absolute atomic E-state index is 11.7. The van der Waals surface area contributed by atoms with Gasteiger partial charge in [-0.15, -0.1) is 0 Å². The fourth-order valence-electron chi connectivity index (χ4n) is 0.364. The first kappa shape index (κ1) is 10.6. The molecule has 0 bridgehead atoms. The topological polar surface area (TPSA) is 66.4 Å². The van der Waals surface area contributed by atoms with E-state index in [1.807, 2.05) is 0 Å². The second-order valence-electron chi connectivity index (χ2n) is 2.15. The van der Waals surface area contributed by atoms with Crippen molar-refractivity contribution >= 4 is 13.9 Å². The Kier molecular flexibility index (Phi) is 3.69. The van der Waals surface area contributed by atoms with Crippen LogP contribution >= 0.6 is 7.91 Å². The van der Waals surface area contributed by atoms with E-state index < -0.39 is 19.8 Å². The van der Waals surface area contributed by atoms with Crippen molar-refractivity contribution < 1.29 is 23.0 Å². The highest BCUT2D eigenvalue weighted by atomic mass is 31.2. The van der Waals surface area contributed by atoms with Crippen LogP contribution in [-0.2, 0) is 13.9 Å². The molecule has 6 heteroatoms. The van der Waals surface area contributed by atoms with E-state index >= 15 is 0 Å². The minimum absolute atomic E-state index is 0.416. The molecule has 2 atom stereocenters. The molecule has 0 saturated heterocycles. The molecule has 11 heavy (non-hydrogen) atoms. The molecule has 2 unspecified atom stereocenters. The van der Waals surface area contributed by atoms with Crippen molar-refractivity contribution in [2.45, 2.75) is 20.3 Å². The van der Waals surface area contributed by atoms with E-state index in [1.54, 1.807) is 6.92 Å². The Morgan fingerprint density at radius 1 is 1.82 bits per heavy atom. The highest BCUT2D eigenvalue weighted by molar-refractivity contribution is 7.46. The summed E-state index contributed by atoms with van der Waals surface area (Å²) < 4.78 is 25.0. The third-order valence-electron chi connectivity index (χ3n) is 1.21. The van der Waals surface area contributed by atoms with Crippen LogP contribution in [0.5, 0.6) is 0 Å². The molecule has 0 N–H and O–H groups in total. The Balaban J connectivity index is 3.99. The molecule has 0 aromatic rings. The number of carbonyl (C=O) groups excluding carboxylic acids is 1. The standard InChI is InChI=1S/C5H10FO4P/c1-3-4(2)5(7)10-11(6,8)9/h4H,3H2,1-2H3,(H,8,9)/p-1. The van der Waals surface area contributed by atoms with Crippen LogP contribution in [0.1, 0.15) is 20.3 Å². The Morgan fingerprint density at radius 3 is 2.55 bits per heavy atom. The third kappa shape index (κ3) is 4.93. The summed E-state index contributed by atoms with van der Waals surface area (Å²) in [7, 11) is -5.39. The molecule has 0 fully saturated rings. The van der Waals surface area contributed by atoms with E-state index in [9.17, 15) is 18.4 Å². The number of carbonyl (C=O) groups is 1. The zero-order chi connectivity index (χ0) is 9.07. The molecule has 0 rings (SSSR count). The highest BCUT2D eigenvalue weighted by Crippen LogP contribution is 2.39. The van der Waals surface area contributed by atoms with Gasteiger partial charge in [-0.2, -0.15) is 4.20 Å².